The third-order valence-electron chi connectivity index (χ3n) is 6.42. The van der Waals surface area contributed by atoms with Crippen LogP contribution in [0.5, 0.6) is 5.75 Å². The van der Waals surface area contributed by atoms with E-state index in [0.29, 0.717) is 48.0 Å². The number of morpholine rings is 1. The Balaban J connectivity index is 1.36. The molecule has 2 saturated heterocycles. The molecule has 172 valence electrons. The van der Waals surface area contributed by atoms with Crippen molar-refractivity contribution in [2.45, 2.75) is 30.7 Å². The van der Waals surface area contributed by atoms with Crippen molar-refractivity contribution in [1.29, 1.82) is 0 Å². The van der Waals surface area contributed by atoms with E-state index < -0.39 is 6.17 Å². The average Bonchev–Trinajstić information content (AvgIpc) is 2.83. The molecule has 2 aliphatic heterocycles. The van der Waals surface area contributed by atoms with Crippen molar-refractivity contribution < 1.29 is 14.2 Å². The molecule has 4 heterocycles. The van der Waals surface area contributed by atoms with Crippen LogP contribution in [0.4, 0.5) is 10.3 Å². The van der Waals surface area contributed by atoms with Gasteiger partial charge in [-0.3, -0.25) is 4.79 Å². The van der Waals surface area contributed by atoms with Crippen LogP contribution in [0, 0.1) is 0 Å². The van der Waals surface area contributed by atoms with Crippen LogP contribution in [0.3, 0.4) is 0 Å². The highest BCUT2D eigenvalue weighted by atomic mass is 19.1. The number of aryl methyl sites for hydroxylation is 1. The van der Waals surface area contributed by atoms with E-state index in [1.165, 1.54) is 16.8 Å². The Morgan fingerprint density at radius 3 is 2.76 bits per heavy atom. The van der Waals surface area contributed by atoms with Gasteiger partial charge in [0.1, 0.15) is 17.6 Å². The number of pyridine rings is 1. The van der Waals surface area contributed by atoms with E-state index in [9.17, 15) is 14.3 Å². The number of phenolic OH excluding ortho intramolecular Hbond substituents is 1. The first-order valence-electron chi connectivity index (χ1n) is 10.8. The predicted molar refractivity (Wildman–Crippen MR) is 121 cm³/mol. The maximum Gasteiger partial charge on any atom is 0.250 e. The number of nitrogens with zero attached hydrogens (tertiary/aromatic N) is 5. The summed E-state index contributed by atoms with van der Waals surface area (Å²) >= 11 is 0. The molecule has 9 nitrogen and oxygen atoms in total. The molecule has 0 saturated carbocycles. The van der Waals surface area contributed by atoms with Gasteiger partial charge in [-0.2, -0.15) is 0 Å². The van der Waals surface area contributed by atoms with Gasteiger partial charge in [-0.05, 0) is 35.7 Å². The molecular formula is C23H25FN6O3. The van der Waals surface area contributed by atoms with Crippen LogP contribution in [0.2, 0.25) is 0 Å². The Morgan fingerprint density at radius 1 is 1.21 bits per heavy atom. The van der Waals surface area contributed by atoms with E-state index in [-0.39, 0.29) is 29.4 Å². The molecule has 1 aromatic carbocycles. The number of aromatic nitrogens is 4. The summed E-state index contributed by atoms with van der Waals surface area (Å²) in [6.45, 7) is 0.922. The first-order valence-corrected chi connectivity index (χ1v) is 10.8. The summed E-state index contributed by atoms with van der Waals surface area (Å²) in [6.07, 6.45) is 2.67. The van der Waals surface area contributed by atoms with Crippen LogP contribution in [-0.4, -0.2) is 69.4 Å². The second-order valence-electron chi connectivity index (χ2n) is 8.61. The summed E-state index contributed by atoms with van der Waals surface area (Å²) in [4.78, 5) is 18.0. The zero-order valence-electron chi connectivity index (χ0n) is 18.3. The van der Waals surface area contributed by atoms with E-state index >= 15 is 0 Å². The monoisotopic (exact) mass is 452 g/mol. The largest absolute Gasteiger partial charge is 0.507 e. The minimum Gasteiger partial charge on any atom is -0.507 e. The van der Waals surface area contributed by atoms with Gasteiger partial charge in [0.15, 0.2) is 0 Å². The van der Waals surface area contributed by atoms with Crippen LogP contribution >= 0.6 is 0 Å². The molecule has 0 unspecified atom stereocenters. The van der Waals surface area contributed by atoms with Crippen molar-refractivity contribution >= 4 is 5.95 Å². The molecule has 2 aromatic heterocycles. The fraction of sp³-hybridized carbons (Fsp3) is 0.391. The number of benzene rings is 1. The topological polar surface area (TPSA) is 105 Å². The van der Waals surface area contributed by atoms with Gasteiger partial charge in [0.05, 0.1) is 31.5 Å². The fourth-order valence-corrected chi connectivity index (χ4v) is 4.48. The molecule has 5 rings (SSSR count). The molecule has 33 heavy (non-hydrogen) atoms. The van der Waals surface area contributed by atoms with Crippen molar-refractivity contribution in [1.82, 2.24) is 25.1 Å². The van der Waals surface area contributed by atoms with Gasteiger partial charge in [-0.25, -0.2) is 9.37 Å². The van der Waals surface area contributed by atoms with Gasteiger partial charge in [0.2, 0.25) is 5.95 Å². The number of fused-ring (bicyclic) bond motifs is 2. The van der Waals surface area contributed by atoms with E-state index in [4.69, 9.17) is 4.74 Å². The molecule has 2 N–H and O–H groups in total. The minimum absolute atomic E-state index is 0.000356. The van der Waals surface area contributed by atoms with Crippen LogP contribution < -0.4 is 15.8 Å². The number of phenols is 1. The molecule has 0 radical (unpaired) electrons. The number of aromatic hydroxyl groups is 1. The van der Waals surface area contributed by atoms with Crippen LogP contribution in [-0.2, 0) is 11.8 Å². The standard InChI is InChI=1S/C23H25FN6O3/c1-29-6-5-14(8-21(29)32)13-3-4-16(20(31)7-13)17-10-25-23(28-27-17)30(2)19-9-15-11-33-12-18(26-15)22(19)24/h3-8,10,15,18-19,22,26,31H,9,11-12H2,1-2H3/t15-,18-,19-,22+/m0/s1. The second-order valence-corrected chi connectivity index (χ2v) is 8.61. The number of halogens is 1. The lowest BCUT2D eigenvalue weighted by atomic mass is 9.90. The quantitative estimate of drug-likeness (QED) is 0.614. The number of ether oxygens (including phenoxy) is 1. The molecule has 3 aromatic rings. The highest BCUT2D eigenvalue weighted by molar-refractivity contribution is 5.73. The first kappa shape index (κ1) is 21.5. The second kappa shape index (κ2) is 8.53. The van der Waals surface area contributed by atoms with Crippen molar-refractivity contribution in [3.05, 3.63) is 53.1 Å². The lowest BCUT2D eigenvalue weighted by Gasteiger charge is -2.45. The number of rotatable bonds is 4. The number of alkyl halides is 1. The zero-order chi connectivity index (χ0) is 23.1. The van der Waals surface area contributed by atoms with Gasteiger partial charge in [0, 0.05) is 38.0 Å². The Labute approximate surface area is 189 Å². The van der Waals surface area contributed by atoms with Crippen molar-refractivity contribution in [3.8, 4) is 28.1 Å². The van der Waals surface area contributed by atoms with Crippen molar-refractivity contribution in [2.24, 2.45) is 7.05 Å². The van der Waals surface area contributed by atoms with Gasteiger partial charge in [-0.15, -0.1) is 10.2 Å². The third-order valence-corrected chi connectivity index (χ3v) is 6.42. The zero-order valence-corrected chi connectivity index (χ0v) is 18.3. The molecule has 0 aliphatic carbocycles. The van der Waals surface area contributed by atoms with E-state index in [0.717, 1.165) is 0 Å². The molecule has 0 spiro atoms. The minimum atomic E-state index is -1.11. The van der Waals surface area contributed by atoms with Crippen LogP contribution in [0.25, 0.3) is 22.4 Å². The molecule has 2 bridgehead atoms. The fourth-order valence-electron chi connectivity index (χ4n) is 4.48. The number of nitrogens with one attached hydrogen (secondary N) is 1. The lowest BCUT2D eigenvalue weighted by molar-refractivity contribution is -0.0176. The molecule has 0 amide bonds. The highest BCUT2D eigenvalue weighted by Crippen LogP contribution is 2.32. The molecule has 2 aliphatic rings. The predicted octanol–water partition coefficient (Wildman–Crippen LogP) is 1.51. The van der Waals surface area contributed by atoms with Gasteiger partial charge >= 0.3 is 0 Å². The van der Waals surface area contributed by atoms with Crippen molar-refractivity contribution in [2.75, 3.05) is 25.2 Å². The summed E-state index contributed by atoms with van der Waals surface area (Å²) in [6, 6.07) is 7.81. The first-order chi connectivity index (χ1) is 15.9. The number of hydrogen-bond acceptors (Lipinski definition) is 8. The van der Waals surface area contributed by atoms with Gasteiger partial charge < -0.3 is 24.6 Å². The Hall–Kier alpha value is -3.37. The highest BCUT2D eigenvalue weighted by Gasteiger charge is 2.42. The average molecular weight is 452 g/mol. The third kappa shape index (κ3) is 4.07. The maximum atomic E-state index is 15.0. The van der Waals surface area contributed by atoms with Gasteiger partial charge in [-0.1, -0.05) is 6.07 Å². The smallest absolute Gasteiger partial charge is 0.250 e. The Bertz CT molecular complexity index is 1220. The summed E-state index contributed by atoms with van der Waals surface area (Å²) in [7, 11) is 3.45. The molecule has 4 atom stereocenters. The lowest BCUT2D eigenvalue weighted by Crippen LogP contribution is -2.65. The number of hydrogen-bond donors (Lipinski definition) is 2. The number of piperidine rings is 1. The van der Waals surface area contributed by atoms with Crippen molar-refractivity contribution in [3.63, 3.8) is 0 Å². The van der Waals surface area contributed by atoms with E-state index in [1.54, 1.807) is 49.5 Å². The Morgan fingerprint density at radius 2 is 2.03 bits per heavy atom. The molecule has 10 heteroatoms. The summed E-state index contributed by atoms with van der Waals surface area (Å²) in [5, 5.41) is 22.3. The SMILES string of the molecule is CN(c1ncc(-c2ccc(-c3ccn(C)c(=O)c3)cc2O)nn1)[C@H]1C[C@H]2COC[C@H](N2)[C@H]1F. The number of anilines is 1. The maximum absolute atomic E-state index is 15.0. The van der Waals surface area contributed by atoms with Crippen LogP contribution in [0.15, 0.2) is 47.5 Å². The van der Waals surface area contributed by atoms with E-state index in [2.05, 4.69) is 20.5 Å². The van der Waals surface area contributed by atoms with Gasteiger partial charge in [0.25, 0.3) is 5.56 Å². The normalized spacial score (nSPS) is 24.5. The summed E-state index contributed by atoms with van der Waals surface area (Å²) < 4.78 is 21.9. The Kier molecular flexibility index (Phi) is 5.55. The van der Waals surface area contributed by atoms with E-state index in [1.807, 2.05) is 0 Å². The summed E-state index contributed by atoms with van der Waals surface area (Å²) in [5.74, 6) is 0.323. The van der Waals surface area contributed by atoms with Crippen LogP contribution in [0.1, 0.15) is 6.42 Å². The summed E-state index contributed by atoms with van der Waals surface area (Å²) in [5.41, 5.74) is 2.15. The molecule has 2 fully saturated rings. The molecular weight excluding hydrogens is 427 g/mol.